The van der Waals surface area contributed by atoms with Crippen LogP contribution < -0.4 is 10.5 Å². The average Bonchev–Trinajstić information content (AvgIpc) is 2.46. The molecule has 21 heavy (non-hydrogen) atoms. The van der Waals surface area contributed by atoms with E-state index < -0.39 is 11.7 Å². The molecule has 0 aliphatic carbocycles. The Hall–Kier alpha value is -1.10. The van der Waals surface area contributed by atoms with Crippen LogP contribution in [0, 0.1) is 0 Å². The van der Waals surface area contributed by atoms with Crippen LogP contribution in [0.2, 0.25) is 0 Å². The van der Waals surface area contributed by atoms with Gasteiger partial charge in [-0.05, 0) is 43.5 Å². The second-order valence-corrected chi connectivity index (χ2v) is 5.68. The highest BCUT2D eigenvalue weighted by atomic mass is 16.5. The van der Waals surface area contributed by atoms with Crippen LogP contribution >= 0.6 is 0 Å². The molecule has 120 valence electrons. The second kappa shape index (κ2) is 9.03. The van der Waals surface area contributed by atoms with Crippen LogP contribution in [0.1, 0.15) is 57.6 Å². The average molecular weight is 295 g/mol. The lowest BCUT2D eigenvalue weighted by atomic mass is 9.94. The van der Waals surface area contributed by atoms with E-state index in [-0.39, 0.29) is 6.61 Å². The maximum atomic E-state index is 10.5. The monoisotopic (exact) mass is 295 g/mol. The number of ether oxygens (including phenoxy) is 1. The van der Waals surface area contributed by atoms with Crippen LogP contribution in [0.3, 0.4) is 0 Å². The fraction of sp³-hybridized carbons (Fsp3) is 0.647. The van der Waals surface area contributed by atoms with Crippen molar-refractivity contribution in [1.82, 2.24) is 0 Å². The van der Waals surface area contributed by atoms with Gasteiger partial charge in [-0.15, -0.1) is 0 Å². The maximum absolute atomic E-state index is 10.5. The highest BCUT2D eigenvalue weighted by molar-refractivity contribution is 5.30. The molecule has 0 heterocycles. The van der Waals surface area contributed by atoms with Gasteiger partial charge in [0.2, 0.25) is 0 Å². The molecule has 4 nitrogen and oxygen atoms in total. The zero-order valence-electron chi connectivity index (χ0n) is 13.2. The first-order chi connectivity index (χ1) is 10.0. The van der Waals surface area contributed by atoms with Crippen molar-refractivity contribution >= 4 is 0 Å². The molecule has 0 aromatic heterocycles. The molecule has 0 aliphatic heterocycles. The van der Waals surface area contributed by atoms with E-state index in [1.807, 2.05) is 24.3 Å². The Morgan fingerprint density at radius 2 is 1.90 bits per heavy atom. The third-order valence-corrected chi connectivity index (χ3v) is 3.62. The van der Waals surface area contributed by atoms with Crippen LogP contribution in [0.4, 0.5) is 0 Å². The molecule has 4 heteroatoms. The highest BCUT2D eigenvalue weighted by Crippen LogP contribution is 2.24. The van der Waals surface area contributed by atoms with Crippen molar-refractivity contribution in [2.75, 3.05) is 13.2 Å². The largest absolute Gasteiger partial charge is 0.491 e. The predicted octanol–water partition coefficient (Wildman–Crippen LogP) is 2.78. The molecule has 1 aromatic carbocycles. The lowest BCUT2D eigenvalue weighted by Crippen LogP contribution is -2.35. The van der Waals surface area contributed by atoms with Crippen LogP contribution in [0.5, 0.6) is 5.75 Å². The number of aliphatic hydroxyl groups excluding tert-OH is 1. The van der Waals surface area contributed by atoms with Gasteiger partial charge in [-0.1, -0.05) is 38.8 Å². The lowest BCUT2D eigenvalue weighted by molar-refractivity contribution is -0.0202. The van der Waals surface area contributed by atoms with Crippen LogP contribution in [-0.2, 0) is 0 Å². The fourth-order valence-electron chi connectivity index (χ4n) is 2.55. The molecule has 1 atom stereocenters. The van der Waals surface area contributed by atoms with Crippen molar-refractivity contribution in [1.29, 1.82) is 0 Å². The molecule has 0 amide bonds. The van der Waals surface area contributed by atoms with Crippen molar-refractivity contribution in [3.63, 3.8) is 0 Å². The first kappa shape index (κ1) is 18.0. The number of aliphatic hydroxyl groups is 2. The standard InChI is InChI=1S/C17H29NO3/c1-3-9-17(20,10-4-2)13-21-15-7-5-6-14(12-15)16(19)8-11-18/h5-7,12,16,19-20H,3-4,8-11,13,18H2,1-2H3. The summed E-state index contributed by atoms with van der Waals surface area (Å²) in [6, 6.07) is 7.37. The first-order valence-electron chi connectivity index (χ1n) is 7.88. The van der Waals surface area contributed by atoms with E-state index in [1.54, 1.807) is 0 Å². The van der Waals surface area contributed by atoms with Gasteiger partial charge in [-0.3, -0.25) is 0 Å². The van der Waals surface area contributed by atoms with Crippen molar-refractivity contribution in [2.24, 2.45) is 5.73 Å². The molecule has 0 radical (unpaired) electrons. The van der Waals surface area contributed by atoms with Crippen molar-refractivity contribution < 1.29 is 14.9 Å². The molecule has 0 aliphatic rings. The Labute approximate surface area is 127 Å². The van der Waals surface area contributed by atoms with Crippen molar-refractivity contribution in [3.05, 3.63) is 29.8 Å². The minimum Gasteiger partial charge on any atom is -0.491 e. The van der Waals surface area contributed by atoms with E-state index in [0.717, 1.165) is 31.2 Å². The number of rotatable bonds is 10. The molecule has 0 spiro atoms. The van der Waals surface area contributed by atoms with Gasteiger partial charge < -0.3 is 20.7 Å². The van der Waals surface area contributed by atoms with Gasteiger partial charge in [0.1, 0.15) is 12.4 Å². The summed E-state index contributed by atoms with van der Waals surface area (Å²) in [5, 5.41) is 20.5. The summed E-state index contributed by atoms with van der Waals surface area (Å²) in [5.74, 6) is 0.675. The van der Waals surface area contributed by atoms with Gasteiger partial charge in [0.15, 0.2) is 0 Å². The van der Waals surface area contributed by atoms with E-state index in [0.29, 0.717) is 18.7 Å². The third kappa shape index (κ3) is 6.04. The molecular formula is C17H29NO3. The van der Waals surface area contributed by atoms with Gasteiger partial charge in [-0.2, -0.15) is 0 Å². The molecule has 1 unspecified atom stereocenters. The molecule has 0 fully saturated rings. The summed E-state index contributed by atoms with van der Waals surface area (Å²) < 4.78 is 5.75. The number of hydrogen-bond acceptors (Lipinski definition) is 4. The summed E-state index contributed by atoms with van der Waals surface area (Å²) in [7, 11) is 0. The van der Waals surface area contributed by atoms with Gasteiger partial charge in [0, 0.05) is 0 Å². The van der Waals surface area contributed by atoms with Gasteiger partial charge in [0.25, 0.3) is 0 Å². The Balaban J connectivity index is 2.67. The second-order valence-electron chi connectivity index (χ2n) is 5.68. The molecule has 1 rings (SSSR count). The summed E-state index contributed by atoms with van der Waals surface area (Å²) in [4.78, 5) is 0. The maximum Gasteiger partial charge on any atom is 0.119 e. The lowest BCUT2D eigenvalue weighted by Gasteiger charge is -2.27. The SMILES string of the molecule is CCCC(O)(CCC)COc1cccc(C(O)CCN)c1. The number of nitrogens with two attached hydrogens (primary N) is 1. The molecular weight excluding hydrogens is 266 g/mol. The summed E-state index contributed by atoms with van der Waals surface area (Å²) in [6.45, 7) is 4.85. The minimum absolute atomic E-state index is 0.283. The minimum atomic E-state index is -0.768. The highest BCUT2D eigenvalue weighted by Gasteiger charge is 2.25. The Morgan fingerprint density at radius 3 is 2.48 bits per heavy atom. The smallest absolute Gasteiger partial charge is 0.119 e. The van der Waals surface area contributed by atoms with E-state index in [1.165, 1.54) is 0 Å². The van der Waals surface area contributed by atoms with Gasteiger partial charge in [0.05, 0.1) is 11.7 Å². The van der Waals surface area contributed by atoms with E-state index >= 15 is 0 Å². The Bertz CT molecular complexity index is 403. The molecule has 0 saturated carbocycles. The quantitative estimate of drug-likeness (QED) is 0.620. The summed E-state index contributed by atoms with van der Waals surface area (Å²) in [6.07, 6.45) is 3.28. The van der Waals surface area contributed by atoms with Gasteiger partial charge in [-0.25, -0.2) is 0 Å². The van der Waals surface area contributed by atoms with Crippen LogP contribution in [0.15, 0.2) is 24.3 Å². The topological polar surface area (TPSA) is 75.7 Å². The number of hydrogen-bond donors (Lipinski definition) is 3. The molecule has 4 N–H and O–H groups in total. The zero-order chi connectivity index (χ0) is 15.7. The number of benzene rings is 1. The zero-order valence-corrected chi connectivity index (χ0v) is 13.2. The van der Waals surface area contributed by atoms with Crippen molar-refractivity contribution in [2.45, 2.75) is 57.7 Å². The van der Waals surface area contributed by atoms with Crippen LogP contribution in [0.25, 0.3) is 0 Å². The van der Waals surface area contributed by atoms with Crippen LogP contribution in [-0.4, -0.2) is 29.0 Å². The van der Waals surface area contributed by atoms with E-state index in [2.05, 4.69) is 13.8 Å². The third-order valence-electron chi connectivity index (χ3n) is 3.62. The van der Waals surface area contributed by atoms with Crippen molar-refractivity contribution in [3.8, 4) is 5.75 Å². The Morgan fingerprint density at radius 1 is 1.24 bits per heavy atom. The summed E-state index contributed by atoms with van der Waals surface area (Å²) in [5.41, 5.74) is 5.49. The molecule has 1 aromatic rings. The van der Waals surface area contributed by atoms with E-state index in [4.69, 9.17) is 10.5 Å². The normalized spacial score (nSPS) is 13.2. The van der Waals surface area contributed by atoms with E-state index in [9.17, 15) is 10.2 Å². The fourth-order valence-corrected chi connectivity index (χ4v) is 2.55. The first-order valence-corrected chi connectivity index (χ1v) is 7.88. The summed E-state index contributed by atoms with van der Waals surface area (Å²) >= 11 is 0. The Kier molecular flexibility index (Phi) is 7.72. The predicted molar refractivity (Wildman–Crippen MR) is 85.3 cm³/mol. The molecule has 0 bridgehead atoms. The van der Waals surface area contributed by atoms with Gasteiger partial charge >= 0.3 is 0 Å². The molecule has 0 saturated heterocycles.